The maximum absolute atomic E-state index is 11.9. The number of sulfonamides is 1. The molecule has 1 heterocycles. The molecule has 0 fully saturated rings. The second-order valence-corrected chi connectivity index (χ2v) is 5.72. The lowest BCUT2D eigenvalue weighted by atomic mass is 10.2. The maximum Gasteiger partial charge on any atom is 0.303 e. The summed E-state index contributed by atoms with van der Waals surface area (Å²) in [6.07, 6.45) is 0.980. The van der Waals surface area contributed by atoms with Gasteiger partial charge in [-0.3, -0.25) is 9.89 Å². The number of nitrogens with one attached hydrogen (secondary N) is 2. The topological polar surface area (TPSA) is 112 Å². The van der Waals surface area contributed by atoms with E-state index in [-0.39, 0.29) is 17.9 Å². The summed E-state index contributed by atoms with van der Waals surface area (Å²) in [4.78, 5) is 10.5. The molecule has 0 radical (unpaired) electrons. The number of carboxylic acids is 1. The molecule has 3 N–H and O–H groups in total. The zero-order chi connectivity index (χ0) is 13.8. The van der Waals surface area contributed by atoms with Crippen molar-refractivity contribution >= 4 is 16.0 Å². The van der Waals surface area contributed by atoms with Crippen molar-refractivity contribution in [2.45, 2.75) is 38.0 Å². The number of aliphatic carboxylic acids is 1. The molecule has 0 aliphatic heterocycles. The molecule has 0 bridgehead atoms. The third-order valence-corrected chi connectivity index (χ3v) is 4.16. The van der Waals surface area contributed by atoms with E-state index in [0.717, 1.165) is 0 Å². The van der Waals surface area contributed by atoms with E-state index in [1.165, 1.54) is 0 Å². The molecule has 18 heavy (non-hydrogen) atoms. The fourth-order valence-corrected chi connectivity index (χ4v) is 3.06. The van der Waals surface area contributed by atoms with Gasteiger partial charge in [-0.25, -0.2) is 13.1 Å². The van der Waals surface area contributed by atoms with Gasteiger partial charge in [-0.05, 0) is 26.7 Å². The predicted molar refractivity (Wildman–Crippen MR) is 64.7 cm³/mol. The van der Waals surface area contributed by atoms with Gasteiger partial charge in [0.1, 0.15) is 4.90 Å². The highest BCUT2D eigenvalue weighted by atomic mass is 32.2. The van der Waals surface area contributed by atoms with E-state index >= 15 is 0 Å². The Morgan fingerprint density at radius 1 is 1.39 bits per heavy atom. The van der Waals surface area contributed by atoms with Gasteiger partial charge in [0.25, 0.3) is 0 Å². The number of hydrogen-bond acceptors (Lipinski definition) is 4. The van der Waals surface area contributed by atoms with Crippen molar-refractivity contribution < 1.29 is 18.3 Å². The van der Waals surface area contributed by atoms with Crippen molar-refractivity contribution in [3.05, 3.63) is 11.4 Å². The summed E-state index contributed by atoms with van der Waals surface area (Å²) < 4.78 is 26.3. The summed E-state index contributed by atoms with van der Waals surface area (Å²) in [7, 11) is -3.57. The van der Waals surface area contributed by atoms with Crippen molar-refractivity contribution in [2.75, 3.05) is 6.54 Å². The van der Waals surface area contributed by atoms with E-state index in [4.69, 9.17) is 5.11 Å². The van der Waals surface area contributed by atoms with Crippen LogP contribution in [0, 0.1) is 13.8 Å². The fraction of sp³-hybridized carbons (Fsp3) is 0.600. The summed E-state index contributed by atoms with van der Waals surface area (Å²) in [6, 6.07) is 0. The Morgan fingerprint density at radius 3 is 2.56 bits per heavy atom. The molecule has 102 valence electrons. The van der Waals surface area contributed by atoms with Crippen molar-refractivity contribution in [1.82, 2.24) is 14.9 Å². The van der Waals surface area contributed by atoms with E-state index in [1.807, 2.05) is 0 Å². The SMILES string of the molecule is Cc1n[nH]c(C)c1S(=O)(=O)NCCCCC(=O)O. The van der Waals surface area contributed by atoms with Gasteiger partial charge in [-0.15, -0.1) is 0 Å². The first-order chi connectivity index (χ1) is 8.34. The van der Waals surface area contributed by atoms with Crippen LogP contribution < -0.4 is 4.72 Å². The number of nitrogens with zero attached hydrogens (tertiary/aromatic N) is 1. The van der Waals surface area contributed by atoms with E-state index in [9.17, 15) is 13.2 Å². The first kappa shape index (κ1) is 14.7. The molecule has 0 aliphatic carbocycles. The Morgan fingerprint density at radius 2 is 2.06 bits per heavy atom. The van der Waals surface area contributed by atoms with E-state index < -0.39 is 16.0 Å². The maximum atomic E-state index is 11.9. The molecule has 8 heteroatoms. The summed E-state index contributed by atoms with van der Waals surface area (Å²) in [6.45, 7) is 3.47. The van der Waals surface area contributed by atoms with Crippen LogP contribution in [0.15, 0.2) is 4.90 Å². The molecule has 0 saturated carbocycles. The van der Waals surface area contributed by atoms with E-state index in [1.54, 1.807) is 13.8 Å². The van der Waals surface area contributed by atoms with Gasteiger partial charge >= 0.3 is 5.97 Å². The number of carboxylic acid groups (broad SMARTS) is 1. The average molecular weight is 275 g/mol. The summed E-state index contributed by atoms with van der Waals surface area (Å²) in [5.74, 6) is -0.876. The van der Waals surface area contributed by atoms with Crippen LogP contribution in [0.4, 0.5) is 0 Å². The van der Waals surface area contributed by atoms with Gasteiger partial charge in [0, 0.05) is 13.0 Å². The largest absolute Gasteiger partial charge is 0.481 e. The minimum atomic E-state index is -3.57. The Bertz CT molecular complexity index is 502. The molecular weight excluding hydrogens is 258 g/mol. The molecular formula is C10H17N3O4S. The van der Waals surface area contributed by atoms with E-state index in [0.29, 0.717) is 24.2 Å². The molecule has 1 aromatic heterocycles. The van der Waals surface area contributed by atoms with Crippen LogP contribution in [0.5, 0.6) is 0 Å². The molecule has 0 atom stereocenters. The van der Waals surface area contributed by atoms with Crippen molar-refractivity contribution in [3.63, 3.8) is 0 Å². The van der Waals surface area contributed by atoms with Crippen LogP contribution in [0.25, 0.3) is 0 Å². The highest BCUT2D eigenvalue weighted by Crippen LogP contribution is 2.16. The lowest BCUT2D eigenvalue weighted by Gasteiger charge is -2.06. The van der Waals surface area contributed by atoms with Gasteiger partial charge in [0.2, 0.25) is 10.0 Å². The van der Waals surface area contributed by atoms with Crippen molar-refractivity contribution in [2.24, 2.45) is 0 Å². The molecule has 0 aliphatic rings. The number of unbranched alkanes of at least 4 members (excludes halogenated alkanes) is 1. The Balaban J connectivity index is 2.54. The quantitative estimate of drug-likeness (QED) is 0.629. The number of rotatable bonds is 7. The molecule has 1 aromatic rings. The second-order valence-electron chi connectivity index (χ2n) is 4.01. The number of aromatic amines is 1. The molecule has 1 rings (SSSR count). The van der Waals surface area contributed by atoms with Gasteiger partial charge in [0.15, 0.2) is 0 Å². The van der Waals surface area contributed by atoms with Crippen LogP contribution in [0.2, 0.25) is 0 Å². The molecule has 0 spiro atoms. The smallest absolute Gasteiger partial charge is 0.303 e. The van der Waals surface area contributed by atoms with Crippen LogP contribution in [0.3, 0.4) is 0 Å². The number of carbonyl (C=O) groups is 1. The molecule has 0 amide bonds. The summed E-state index contributed by atoms with van der Waals surface area (Å²) in [5, 5.41) is 14.9. The fourth-order valence-electron chi connectivity index (χ4n) is 1.62. The molecule has 7 nitrogen and oxygen atoms in total. The number of hydrogen-bond donors (Lipinski definition) is 3. The average Bonchev–Trinajstić information content (AvgIpc) is 2.57. The van der Waals surface area contributed by atoms with Crippen molar-refractivity contribution in [1.29, 1.82) is 0 Å². The Kier molecular flexibility index (Phi) is 4.85. The predicted octanol–water partition coefficient (Wildman–Crippen LogP) is 0.560. The summed E-state index contributed by atoms with van der Waals surface area (Å²) >= 11 is 0. The number of aryl methyl sites for hydroxylation is 2. The van der Waals surface area contributed by atoms with Crippen molar-refractivity contribution in [3.8, 4) is 0 Å². The second kappa shape index (κ2) is 5.96. The normalized spacial score (nSPS) is 11.7. The van der Waals surface area contributed by atoms with E-state index in [2.05, 4.69) is 14.9 Å². The highest BCUT2D eigenvalue weighted by Gasteiger charge is 2.21. The van der Waals surface area contributed by atoms with Gasteiger partial charge in [-0.1, -0.05) is 0 Å². The molecule has 0 saturated heterocycles. The first-order valence-corrected chi connectivity index (χ1v) is 7.06. The van der Waals surface area contributed by atoms with Gasteiger partial charge < -0.3 is 5.11 Å². The third kappa shape index (κ3) is 3.81. The highest BCUT2D eigenvalue weighted by molar-refractivity contribution is 7.89. The Hall–Kier alpha value is -1.41. The first-order valence-electron chi connectivity index (χ1n) is 5.57. The molecule has 0 aromatic carbocycles. The zero-order valence-corrected chi connectivity index (χ0v) is 11.2. The van der Waals surface area contributed by atoms with Gasteiger partial charge in [0.05, 0.1) is 11.4 Å². The standard InChI is InChI=1S/C10H17N3O4S/c1-7-10(8(2)13-12-7)18(16,17)11-6-4-3-5-9(14)15/h11H,3-6H2,1-2H3,(H,12,13)(H,14,15). The van der Waals surface area contributed by atoms with Crippen LogP contribution in [-0.2, 0) is 14.8 Å². The summed E-state index contributed by atoms with van der Waals surface area (Å²) in [5.41, 5.74) is 0.913. The Labute approximate surface area is 106 Å². The lowest BCUT2D eigenvalue weighted by molar-refractivity contribution is -0.137. The monoisotopic (exact) mass is 275 g/mol. The molecule has 0 unspecified atom stereocenters. The number of H-pyrrole nitrogens is 1. The van der Waals surface area contributed by atoms with Gasteiger partial charge in [-0.2, -0.15) is 5.10 Å². The minimum Gasteiger partial charge on any atom is -0.481 e. The number of aromatic nitrogens is 2. The third-order valence-electron chi connectivity index (χ3n) is 2.44. The van der Waals surface area contributed by atoms with Crippen LogP contribution in [-0.4, -0.2) is 36.2 Å². The minimum absolute atomic E-state index is 0.0471. The van der Waals surface area contributed by atoms with Crippen LogP contribution >= 0.6 is 0 Å². The van der Waals surface area contributed by atoms with Crippen LogP contribution in [0.1, 0.15) is 30.7 Å². The zero-order valence-electron chi connectivity index (χ0n) is 10.4. The lowest BCUT2D eigenvalue weighted by Crippen LogP contribution is -2.25.